The summed E-state index contributed by atoms with van der Waals surface area (Å²) in [6.45, 7) is 0. The van der Waals surface area contributed by atoms with Crippen LogP contribution in [0.5, 0.6) is 5.75 Å². The number of halogens is 2. The normalized spacial score (nSPS) is 12.8. The molecule has 0 radical (unpaired) electrons. The summed E-state index contributed by atoms with van der Waals surface area (Å²) in [4.78, 5) is 1.37. The first kappa shape index (κ1) is 13.4. The second-order valence-electron chi connectivity index (χ2n) is 4.05. The van der Waals surface area contributed by atoms with Crippen LogP contribution in [0.1, 0.15) is 15.3 Å². The molecule has 5 heteroatoms. The van der Waals surface area contributed by atoms with Gasteiger partial charge < -0.3 is 4.74 Å². The maximum atomic E-state index is 6.09. The third-order valence-corrected chi connectivity index (χ3v) is 6.56. The molecule has 0 bridgehead atoms. The number of thiophene rings is 2. The van der Waals surface area contributed by atoms with Gasteiger partial charge in [-0.3, -0.25) is 0 Å². The number of methoxy groups -OCH3 is 1. The minimum Gasteiger partial charge on any atom is -0.496 e. The van der Waals surface area contributed by atoms with E-state index in [-0.39, 0.29) is 4.83 Å². The summed E-state index contributed by atoms with van der Waals surface area (Å²) in [6, 6.07) is 10.1. The average molecular weight is 374 g/mol. The molecule has 0 N–H and O–H groups in total. The van der Waals surface area contributed by atoms with Gasteiger partial charge in [0.25, 0.3) is 0 Å². The third-order valence-electron chi connectivity index (χ3n) is 2.87. The molecule has 0 aliphatic heterocycles. The van der Waals surface area contributed by atoms with E-state index in [1.807, 2.05) is 18.2 Å². The Labute approximate surface area is 132 Å². The summed E-state index contributed by atoms with van der Waals surface area (Å²) in [5.74, 6) is 0.850. The average Bonchev–Trinajstić information content (AvgIpc) is 2.98. The fourth-order valence-corrected chi connectivity index (χ4v) is 5.03. The Morgan fingerprint density at radius 3 is 2.79 bits per heavy atom. The molecular weight excluding hydrogens is 364 g/mol. The van der Waals surface area contributed by atoms with E-state index in [9.17, 15) is 0 Å². The van der Waals surface area contributed by atoms with Gasteiger partial charge in [-0.05, 0) is 35.7 Å². The Kier molecular flexibility index (Phi) is 3.85. The van der Waals surface area contributed by atoms with Crippen LogP contribution in [0, 0.1) is 0 Å². The van der Waals surface area contributed by atoms with E-state index >= 15 is 0 Å². The van der Waals surface area contributed by atoms with Crippen molar-refractivity contribution in [1.82, 2.24) is 0 Å². The molecule has 3 aromatic rings. The van der Waals surface area contributed by atoms with Gasteiger partial charge in [0.05, 0.1) is 11.9 Å². The van der Waals surface area contributed by atoms with Gasteiger partial charge in [0.1, 0.15) is 5.75 Å². The zero-order chi connectivity index (χ0) is 13.4. The molecule has 0 amide bonds. The van der Waals surface area contributed by atoms with Gasteiger partial charge in [0, 0.05) is 24.9 Å². The fourth-order valence-electron chi connectivity index (χ4n) is 1.97. The summed E-state index contributed by atoms with van der Waals surface area (Å²) in [6.07, 6.45) is 0. The lowest BCUT2D eigenvalue weighted by atomic mass is 10.1. The van der Waals surface area contributed by atoms with Crippen LogP contribution in [0.2, 0.25) is 5.02 Å². The Morgan fingerprint density at radius 1 is 1.21 bits per heavy atom. The Bertz CT molecular complexity index is 691. The van der Waals surface area contributed by atoms with Crippen molar-refractivity contribution in [3.8, 4) is 5.75 Å². The number of benzene rings is 1. The summed E-state index contributed by atoms with van der Waals surface area (Å²) >= 11 is 13.4. The van der Waals surface area contributed by atoms with E-state index < -0.39 is 0 Å². The van der Waals surface area contributed by atoms with Crippen molar-refractivity contribution in [2.24, 2.45) is 0 Å². The van der Waals surface area contributed by atoms with Crippen molar-refractivity contribution in [2.45, 2.75) is 4.83 Å². The minimum absolute atomic E-state index is 0.103. The molecule has 3 rings (SSSR count). The number of alkyl halides is 1. The Morgan fingerprint density at radius 2 is 2.05 bits per heavy atom. The topological polar surface area (TPSA) is 9.23 Å². The van der Waals surface area contributed by atoms with Crippen LogP contribution in [0.25, 0.3) is 9.40 Å². The van der Waals surface area contributed by atoms with Crippen molar-refractivity contribution in [3.05, 3.63) is 51.2 Å². The van der Waals surface area contributed by atoms with Gasteiger partial charge in [-0.25, -0.2) is 0 Å². The second-order valence-corrected chi connectivity index (χ2v) is 7.46. The molecule has 98 valence electrons. The number of rotatable bonds is 3. The maximum Gasteiger partial charge on any atom is 0.123 e. The lowest BCUT2D eigenvalue weighted by molar-refractivity contribution is 0.410. The first-order valence-corrected chi connectivity index (χ1v) is 8.62. The Hall–Kier alpha value is -0.550. The lowest BCUT2D eigenvalue weighted by Gasteiger charge is -2.13. The predicted molar refractivity (Wildman–Crippen MR) is 88.5 cm³/mol. The van der Waals surface area contributed by atoms with Gasteiger partial charge in [0.2, 0.25) is 0 Å². The molecule has 0 saturated heterocycles. The fraction of sp³-hybridized carbons (Fsp3) is 0.143. The number of fused-ring (bicyclic) bond motifs is 1. The summed E-state index contributed by atoms with van der Waals surface area (Å²) in [5.41, 5.74) is 1.06. The summed E-state index contributed by atoms with van der Waals surface area (Å²) in [7, 11) is 1.68. The molecule has 1 aromatic carbocycles. The third kappa shape index (κ3) is 2.55. The molecule has 0 spiro atoms. The monoisotopic (exact) mass is 372 g/mol. The van der Waals surface area contributed by atoms with E-state index in [4.69, 9.17) is 16.3 Å². The van der Waals surface area contributed by atoms with Crippen LogP contribution in [-0.4, -0.2) is 7.11 Å². The molecule has 1 nitrogen and oxygen atoms in total. The zero-order valence-electron chi connectivity index (χ0n) is 10.0. The molecule has 1 unspecified atom stereocenters. The van der Waals surface area contributed by atoms with E-state index in [2.05, 4.69) is 33.4 Å². The molecule has 2 aromatic heterocycles. The Balaban J connectivity index is 2.05. The van der Waals surface area contributed by atoms with Crippen LogP contribution in [0.15, 0.2) is 35.7 Å². The van der Waals surface area contributed by atoms with Gasteiger partial charge in [-0.15, -0.1) is 22.7 Å². The van der Waals surface area contributed by atoms with E-state index in [0.717, 1.165) is 16.3 Å². The SMILES string of the molecule is COc1ccc(Cl)cc1C(Br)c1cc2sccc2s1. The van der Waals surface area contributed by atoms with Gasteiger partial charge in [0.15, 0.2) is 0 Å². The molecule has 1 atom stereocenters. The highest BCUT2D eigenvalue weighted by Gasteiger charge is 2.18. The van der Waals surface area contributed by atoms with Crippen molar-refractivity contribution < 1.29 is 4.74 Å². The standard InChI is InChI=1S/C14H10BrClOS2/c1-17-10-3-2-8(16)6-9(10)14(15)13-7-12-11(19-13)4-5-18-12/h2-7,14H,1H3. The highest BCUT2D eigenvalue weighted by molar-refractivity contribution is 9.09. The quantitative estimate of drug-likeness (QED) is 0.503. The maximum absolute atomic E-state index is 6.09. The van der Waals surface area contributed by atoms with Crippen LogP contribution < -0.4 is 4.74 Å². The highest BCUT2D eigenvalue weighted by atomic mass is 79.9. The van der Waals surface area contributed by atoms with E-state index in [0.29, 0.717) is 0 Å². The summed E-state index contributed by atoms with van der Waals surface area (Å²) in [5, 5.41) is 2.84. The van der Waals surface area contributed by atoms with E-state index in [1.54, 1.807) is 29.8 Å². The van der Waals surface area contributed by atoms with Crippen LogP contribution in [0.4, 0.5) is 0 Å². The van der Waals surface area contributed by atoms with Crippen molar-refractivity contribution in [2.75, 3.05) is 7.11 Å². The molecule has 19 heavy (non-hydrogen) atoms. The molecule has 0 aliphatic carbocycles. The van der Waals surface area contributed by atoms with Crippen LogP contribution >= 0.6 is 50.2 Å². The summed E-state index contributed by atoms with van der Waals surface area (Å²) < 4.78 is 8.07. The molecular formula is C14H10BrClOS2. The molecule has 0 fully saturated rings. The largest absolute Gasteiger partial charge is 0.496 e. The number of hydrogen-bond donors (Lipinski definition) is 0. The van der Waals surface area contributed by atoms with Gasteiger partial charge in [-0.1, -0.05) is 27.5 Å². The number of hydrogen-bond acceptors (Lipinski definition) is 3. The van der Waals surface area contributed by atoms with Crippen LogP contribution in [0.3, 0.4) is 0 Å². The predicted octanol–water partition coefficient (Wildman–Crippen LogP) is 6.11. The molecule has 0 saturated carbocycles. The molecule has 0 aliphatic rings. The van der Waals surface area contributed by atoms with Crippen molar-refractivity contribution in [3.63, 3.8) is 0 Å². The zero-order valence-corrected chi connectivity index (χ0v) is 14.0. The van der Waals surface area contributed by atoms with Crippen molar-refractivity contribution in [1.29, 1.82) is 0 Å². The van der Waals surface area contributed by atoms with Crippen molar-refractivity contribution >= 4 is 59.6 Å². The second kappa shape index (κ2) is 5.44. The first-order chi connectivity index (χ1) is 9.19. The number of ether oxygens (including phenoxy) is 1. The van der Waals surface area contributed by atoms with Gasteiger partial charge in [-0.2, -0.15) is 0 Å². The lowest BCUT2D eigenvalue weighted by Crippen LogP contribution is -1.95. The molecule has 2 heterocycles. The van der Waals surface area contributed by atoms with Gasteiger partial charge >= 0.3 is 0 Å². The highest BCUT2D eigenvalue weighted by Crippen LogP contribution is 2.43. The first-order valence-electron chi connectivity index (χ1n) is 5.63. The minimum atomic E-state index is 0.103. The van der Waals surface area contributed by atoms with Crippen LogP contribution in [-0.2, 0) is 0 Å². The van der Waals surface area contributed by atoms with E-state index in [1.165, 1.54) is 14.3 Å². The smallest absolute Gasteiger partial charge is 0.123 e.